The van der Waals surface area contributed by atoms with Crippen molar-refractivity contribution < 1.29 is 25.2 Å². The van der Waals surface area contributed by atoms with E-state index in [-0.39, 0.29) is 0 Å². The third-order valence-electron chi connectivity index (χ3n) is 3.55. The van der Waals surface area contributed by atoms with Crippen LogP contribution >= 0.6 is 0 Å². The van der Waals surface area contributed by atoms with Crippen molar-refractivity contribution in [3.8, 4) is 0 Å². The number of aliphatic hydroxyl groups is 4. The number of hydrogen-bond acceptors (Lipinski definition) is 6. The fourth-order valence-corrected chi connectivity index (χ4v) is 2.26. The lowest BCUT2D eigenvalue weighted by atomic mass is 10.1. The summed E-state index contributed by atoms with van der Waals surface area (Å²) in [6.45, 7) is 2.59. The van der Waals surface area contributed by atoms with Gasteiger partial charge in [-0.1, -0.05) is 32.6 Å². The average molecular weight is 277 g/mol. The van der Waals surface area contributed by atoms with E-state index in [9.17, 15) is 15.3 Å². The number of aliphatic hydroxyl groups excluding tert-OH is 3. The van der Waals surface area contributed by atoms with Gasteiger partial charge in [0, 0.05) is 6.54 Å². The summed E-state index contributed by atoms with van der Waals surface area (Å²) in [5.74, 6) is -2.05. The fourth-order valence-electron chi connectivity index (χ4n) is 2.26. The first-order valence-electron chi connectivity index (χ1n) is 7.13. The number of nitrogens with one attached hydrogen (secondary N) is 1. The van der Waals surface area contributed by atoms with Crippen LogP contribution in [0.5, 0.6) is 0 Å². The van der Waals surface area contributed by atoms with Gasteiger partial charge in [-0.3, -0.25) is 0 Å². The quantitative estimate of drug-likeness (QED) is 0.359. The zero-order valence-electron chi connectivity index (χ0n) is 11.6. The molecule has 0 aliphatic carbocycles. The van der Waals surface area contributed by atoms with Gasteiger partial charge in [-0.2, -0.15) is 0 Å². The zero-order chi connectivity index (χ0) is 14.3. The number of rotatable bonds is 9. The topological polar surface area (TPSA) is 102 Å². The van der Waals surface area contributed by atoms with Crippen molar-refractivity contribution in [3.05, 3.63) is 0 Å². The van der Waals surface area contributed by atoms with E-state index in [2.05, 4.69) is 12.2 Å². The molecule has 114 valence electrons. The summed E-state index contributed by atoms with van der Waals surface area (Å²) in [7, 11) is 0. The molecule has 6 heteroatoms. The molecule has 5 N–H and O–H groups in total. The Morgan fingerprint density at radius 3 is 2.42 bits per heavy atom. The van der Waals surface area contributed by atoms with Crippen molar-refractivity contribution in [2.75, 3.05) is 19.7 Å². The van der Waals surface area contributed by atoms with Crippen LogP contribution in [0.25, 0.3) is 0 Å². The van der Waals surface area contributed by atoms with Crippen LogP contribution in [-0.2, 0) is 4.74 Å². The summed E-state index contributed by atoms with van der Waals surface area (Å²) in [5, 5.41) is 41.1. The summed E-state index contributed by atoms with van der Waals surface area (Å²) in [6, 6.07) is 0. The maximum Gasteiger partial charge on any atom is 0.219 e. The molecule has 0 aromatic heterocycles. The van der Waals surface area contributed by atoms with Crippen LogP contribution in [0, 0.1) is 0 Å². The molecule has 1 aliphatic rings. The first-order chi connectivity index (χ1) is 9.05. The number of hydrogen-bond donors (Lipinski definition) is 5. The van der Waals surface area contributed by atoms with Crippen LogP contribution in [0.15, 0.2) is 0 Å². The van der Waals surface area contributed by atoms with Gasteiger partial charge in [-0.15, -0.1) is 0 Å². The smallest absolute Gasteiger partial charge is 0.219 e. The average Bonchev–Trinajstić information content (AvgIpc) is 2.63. The highest BCUT2D eigenvalue weighted by Gasteiger charge is 2.52. The number of unbranched alkanes of at least 4 members (excludes halogenated alkanes) is 4. The van der Waals surface area contributed by atoms with Crippen LogP contribution in [0.3, 0.4) is 0 Å². The Morgan fingerprint density at radius 2 is 1.84 bits per heavy atom. The molecule has 1 rings (SSSR count). The molecule has 0 aromatic carbocycles. The predicted molar refractivity (Wildman–Crippen MR) is 70.6 cm³/mol. The fraction of sp³-hybridized carbons (Fsp3) is 1.00. The first kappa shape index (κ1) is 16.8. The van der Waals surface area contributed by atoms with Gasteiger partial charge < -0.3 is 30.5 Å². The Bertz CT molecular complexity index is 253. The minimum atomic E-state index is -2.05. The van der Waals surface area contributed by atoms with Crippen LogP contribution in [-0.4, -0.2) is 64.2 Å². The summed E-state index contributed by atoms with van der Waals surface area (Å²) in [4.78, 5) is 0. The lowest BCUT2D eigenvalue weighted by Gasteiger charge is -2.22. The van der Waals surface area contributed by atoms with Crippen LogP contribution in [0.4, 0.5) is 0 Å². The molecule has 1 aliphatic heterocycles. The van der Waals surface area contributed by atoms with Gasteiger partial charge in [0.15, 0.2) is 0 Å². The van der Waals surface area contributed by atoms with E-state index < -0.39 is 30.7 Å². The molecule has 0 unspecified atom stereocenters. The molecule has 4 atom stereocenters. The zero-order valence-corrected chi connectivity index (χ0v) is 11.6. The molecule has 0 bridgehead atoms. The Hall–Kier alpha value is -0.240. The second-order valence-electron chi connectivity index (χ2n) is 5.21. The summed E-state index contributed by atoms with van der Waals surface area (Å²) in [5.41, 5.74) is 0. The monoisotopic (exact) mass is 277 g/mol. The van der Waals surface area contributed by atoms with E-state index in [0.29, 0.717) is 6.54 Å². The second-order valence-corrected chi connectivity index (χ2v) is 5.21. The SMILES string of the molecule is CCCCCCCNC[C@@H]1O[C@](O)(CO)[C@@H](O)[C@@H]1O. The van der Waals surface area contributed by atoms with E-state index in [1.54, 1.807) is 0 Å². The van der Waals surface area contributed by atoms with Crippen LogP contribution in [0.2, 0.25) is 0 Å². The summed E-state index contributed by atoms with van der Waals surface area (Å²) < 4.78 is 5.11. The highest BCUT2D eigenvalue weighted by atomic mass is 16.7. The van der Waals surface area contributed by atoms with Gasteiger partial charge in [0.1, 0.15) is 18.3 Å². The molecule has 19 heavy (non-hydrogen) atoms. The van der Waals surface area contributed by atoms with Gasteiger partial charge in [0.25, 0.3) is 0 Å². The normalized spacial score (nSPS) is 34.9. The predicted octanol–water partition coefficient (Wildman–Crippen LogP) is -0.652. The molecule has 1 fully saturated rings. The summed E-state index contributed by atoms with van der Waals surface area (Å²) >= 11 is 0. The van der Waals surface area contributed by atoms with Gasteiger partial charge in [0.05, 0.1) is 6.61 Å². The largest absolute Gasteiger partial charge is 0.391 e. The van der Waals surface area contributed by atoms with E-state index in [0.717, 1.165) is 19.4 Å². The molecular weight excluding hydrogens is 250 g/mol. The highest BCUT2D eigenvalue weighted by Crippen LogP contribution is 2.28. The Morgan fingerprint density at radius 1 is 1.16 bits per heavy atom. The van der Waals surface area contributed by atoms with Crippen molar-refractivity contribution >= 4 is 0 Å². The molecule has 1 heterocycles. The minimum absolute atomic E-state index is 0.342. The van der Waals surface area contributed by atoms with Gasteiger partial charge >= 0.3 is 0 Å². The van der Waals surface area contributed by atoms with Crippen molar-refractivity contribution in [2.45, 2.75) is 63.1 Å². The van der Waals surface area contributed by atoms with Crippen molar-refractivity contribution in [1.82, 2.24) is 5.32 Å². The van der Waals surface area contributed by atoms with Crippen LogP contribution < -0.4 is 5.32 Å². The Balaban J connectivity index is 2.16. The molecule has 0 amide bonds. The summed E-state index contributed by atoms with van der Waals surface area (Å²) in [6.07, 6.45) is 2.53. The minimum Gasteiger partial charge on any atom is -0.391 e. The van der Waals surface area contributed by atoms with Gasteiger partial charge in [-0.05, 0) is 13.0 Å². The molecule has 0 saturated carbocycles. The molecule has 0 radical (unpaired) electrons. The van der Waals surface area contributed by atoms with Crippen LogP contribution in [0.1, 0.15) is 39.0 Å². The Labute approximate surface area is 114 Å². The number of ether oxygens (including phenoxy) is 1. The molecule has 0 spiro atoms. The van der Waals surface area contributed by atoms with Crippen molar-refractivity contribution in [1.29, 1.82) is 0 Å². The highest BCUT2D eigenvalue weighted by molar-refractivity contribution is 4.95. The molecule has 6 nitrogen and oxygen atoms in total. The lowest BCUT2D eigenvalue weighted by molar-refractivity contribution is -0.245. The van der Waals surface area contributed by atoms with E-state index in [4.69, 9.17) is 9.84 Å². The van der Waals surface area contributed by atoms with E-state index in [1.807, 2.05) is 0 Å². The standard InChI is InChI=1S/C13H27NO5/c1-2-3-4-5-6-7-14-8-10-11(16)12(17)13(18,9-15)19-10/h10-12,14-18H,2-9H2,1H3/t10-,11+,12-,13+/m0/s1. The first-order valence-corrected chi connectivity index (χ1v) is 7.13. The third kappa shape index (κ3) is 4.66. The maximum atomic E-state index is 9.71. The lowest BCUT2D eigenvalue weighted by Crippen LogP contribution is -2.46. The third-order valence-corrected chi connectivity index (χ3v) is 3.55. The van der Waals surface area contributed by atoms with Crippen molar-refractivity contribution in [3.63, 3.8) is 0 Å². The van der Waals surface area contributed by atoms with Gasteiger partial charge in [0.2, 0.25) is 5.79 Å². The molecule has 1 saturated heterocycles. The molecule has 0 aromatic rings. The van der Waals surface area contributed by atoms with Gasteiger partial charge in [-0.25, -0.2) is 0 Å². The van der Waals surface area contributed by atoms with Crippen molar-refractivity contribution in [2.24, 2.45) is 0 Å². The maximum absolute atomic E-state index is 9.71. The molecular formula is C13H27NO5. The Kier molecular flexibility index (Phi) is 7.20. The van der Waals surface area contributed by atoms with E-state index >= 15 is 0 Å². The van der Waals surface area contributed by atoms with E-state index in [1.165, 1.54) is 19.3 Å². The second kappa shape index (κ2) is 8.14.